The minimum Gasteiger partial charge on any atom is -0.497 e. The molecule has 2 aromatic heterocycles. The lowest BCUT2D eigenvalue weighted by Gasteiger charge is -2.42. The van der Waals surface area contributed by atoms with Crippen LogP contribution in [-0.4, -0.2) is 53.0 Å². The molecular weight excluding hydrogens is 557 g/mol. The monoisotopic (exact) mass is 580 g/mol. The molecule has 41 heavy (non-hydrogen) atoms. The molecule has 0 amide bonds. The zero-order chi connectivity index (χ0) is 28.9. The number of hydrogen-bond acceptors (Lipinski definition) is 6. The molecule has 2 aliphatic rings. The first-order valence-corrected chi connectivity index (χ1v) is 14.2. The van der Waals surface area contributed by atoms with Gasteiger partial charge in [-0.3, -0.25) is 9.78 Å². The third kappa shape index (κ3) is 4.82. The molecule has 210 valence electrons. The molecule has 12 heteroatoms. The molecule has 0 N–H and O–H groups in total. The number of sulfonamides is 1. The van der Waals surface area contributed by atoms with E-state index in [0.29, 0.717) is 17.5 Å². The summed E-state index contributed by atoms with van der Waals surface area (Å²) in [5.74, 6) is -3.29. The molecule has 1 unspecified atom stereocenters. The summed E-state index contributed by atoms with van der Waals surface area (Å²) in [6.07, 6.45) is 5.44. The van der Waals surface area contributed by atoms with Crippen LogP contribution in [0.4, 0.5) is 13.2 Å². The summed E-state index contributed by atoms with van der Waals surface area (Å²) in [4.78, 5) is 17.7. The third-order valence-corrected chi connectivity index (χ3v) is 9.30. The molecule has 0 spiro atoms. The fraction of sp³-hybridized carbons (Fsp3) is 0.207. The number of pyridine rings is 1. The van der Waals surface area contributed by atoms with Gasteiger partial charge in [-0.1, -0.05) is 5.57 Å². The van der Waals surface area contributed by atoms with E-state index in [0.717, 1.165) is 33.3 Å². The Morgan fingerprint density at radius 3 is 2.44 bits per heavy atom. The van der Waals surface area contributed by atoms with Gasteiger partial charge in [-0.25, -0.2) is 26.3 Å². The second-order valence-electron chi connectivity index (χ2n) is 9.83. The van der Waals surface area contributed by atoms with Gasteiger partial charge in [0.15, 0.2) is 5.78 Å². The number of carbonyl (C=O) groups excluding carboxylic acids is 1. The van der Waals surface area contributed by atoms with Crippen LogP contribution in [0.3, 0.4) is 0 Å². The zero-order valence-corrected chi connectivity index (χ0v) is 22.5. The van der Waals surface area contributed by atoms with Crippen LogP contribution in [-0.2, 0) is 16.4 Å². The van der Waals surface area contributed by atoms with Crippen LogP contribution in [0.25, 0.3) is 11.8 Å². The highest BCUT2D eigenvalue weighted by Gasteiger charge is 2.47. The smallest absolute Gasteiger partial charge is 0.243 e. The highest BCUT2D eigenvalue weighted by molar-refractivity contribution is 7.89. The highest BCUT2D eigenvalue weighted by Crippen LogP contribution is 2.41. The predicted octanol–water partition coefficient (Wildman–Crippen LogP) is 4.60. The number of rotatable bonds is 6. The molecule has 2 aromatic carbocycles. The van der Waals surface area contributed by atoms with E-state index in [4.69, 9.17) is 4.74 Å². The fourth-order valence-electron chi connectivity index (χ4n) is 5.51. The predicted molar refractivity (Wildman–Crippen MR) is 142 cm³/mol. The molecule has 8 nitrogen and oxygen atoms in total. The van der Waals surface area contributed by atoms with E-state index in [1.165, 1.54) is 31.5 Å². The van der Waals surface area contributed by atoms with E-state index < -0.39 is 44.3 Å². The largest absolute Gasteiger partial charge is 0.497 e. The van der Waals surface area contributed by atoms with Gasteiger partial charge in [0.2, 0.25) is 10.0 Å². The van der Waals surface area contributed by atoms with E-state index in [9.17, 15) is 26.4 Å². The molecule has 1 fully saturated rings. The molecule has 0 saturated carbocycles. The number of ether oxygens (including phenoxy) is 1. The molecule has 6 rings (SSSR count). The Balaban J connectivity index is 1.45. The number of halogens is 3. The van der Waals surface area contributed by atoms with Crippen molar-refractivity contribution in [1.29, 1.82) is 0 Å². The summed E-state index contributed by atoms with van der Waals surface area (Å²) in [7, 11) is -3.07. The molecule has 1 aliphatic carbocycles. The summed E-state index contributed by atoms with van der Waals surface area (Å²) in [5.41, 5.74) is 2.96. The van der Waals surface area contributed by atoms with E-state index in [2.05, 4.69) is 10.1 Å². The minimum atomic E-state index is -4.50. The maximum absolute atomic E-state index is 14.1. The minimum absolute atomic E-state index is 0.00553. The number of piperidine rings is 1. The molecule has 1 aliphatic heterocycles. The molecule has 3 heterocycles. The molecule has 0 bridgehead atoms. The molecule has 0 radical (unpaired) electrons. The van der Waals surface area contributed by atoms with Crippen molar-refractivity contribution < 1.29 is 31.1 Å². The summed E-state index contributed by atoms with van der Waals surface area (Å²) in [6.45, 7) is -0.108. The number of aromatic nitrogens is 3. The summed E-state index contributed by atoms with van der Waals surface area (Å²) in [5, 5.41) is 4.46. The number of carbonyl (C=O) groups is 1. The first-order valence-electron chi connectivity index (χ1n) is 12.7. The van der Waals surface area contributed by atoms with Gasteiger partial charge in [-0.2, -0.15) is 9.40 Å². The van der Waals surface area contributed by atoms with Gasteiger partial charge in [-0.05, 0) is 66.9 Å². The number of hydrogen-bond donors (Lipinski definition) is 0. The van der Waals surface area contributed by atoms with Gasteiger partial charge >= 0.3 is 0 Å². The molecular formula is C29H23F3N4O4S. The third-order valence-electron chi connectivity index (χ3n) is 7.44. The van der Waals surface area contributed by atoms with Gasteiger partial charge in [-0.15, -0.1) is 0 Å². The van der Waals surface area contributed by atoms with Crippen molar-refractivity contribution in [2.45, 2.75) is 23.8 Å². The topological polar surface area (TPSA) is 94.4 Å². The molecule has 1 saturated heterocycles. The first kappa shape index (κ1) is 26.9. The summed E-state index contributed by atoms with van der Waals surface area (Å²) < 4.78 is 77.2. The van der Waals surface area contributed by atoms with Crippen molar-refractivity contribution in [3.05, 3.63) is 107 Å². The Bertz CT molecular complexity index is 1780. The number of benzene rings is 2. The summed E-state index contributed by atoms with van der Waals surface area (Å²) in [6, 6.07) is 9.64. The lowest BCUT2D eigenvalue weighted by Crippen LogP contribution is -2.54. The maximum Gasteiger partial charge on any atom is 0.243 e. The Morgan fingerprint density at radius 1 is 1.00 bits per heavy atom. The first-order chi connectivity index (χ1) is 19.7. The van der Waals surface area contributed by atoms with Gasteiger partial charge in [0.1, 0.15) is 28.9 Å². The van der Waals surface area contributed by atoms with E-state index in [1.54, 1.807) is 29.1 Å². The van der Waals surface area contributed by atoms with Crippen molar-refractivity contribution in [3.8, 4) is 11.4 Å². The van der Waals surface area contributed by atoms with Crippen LogP contribution in [0.5, 0.6) is 5.75 Å². The van der Waals surface area contributed by atoms with Crippen molar-refractivity contribution >= 4 is 21.9 Å². The SMILES string of the molecule is COc1ccnc(C(=O)[C@@H]2C3Cc4cnn(-c5ccc(F)cc5)c4C=C3CCN2S(=O)(=O)c2cc(F)cc(F)c2)c1. The fourth-order valence-corrected chi connectivity index (χ4v) is 7.18. The van der Waals surface area contributed by atoms with Crippen LogP contribution in [0.1, 0.15) is 28.2 Å². The number of ketones is 1. The van der Waals surface area contributed by atoms with Gasteiger partial charge in [0.25, 0.3) is 0 Å². The van der Waals surface area contributed by atoms with Gasteiger partial charge < -0.3 is 4.74 Å². The zero-order valence-electron chi connectivity index (χ0n) is 21.7. The maximum atomic E-state index is 14.1. The lowest BCUT2D eigenvalue weighted by atomic mass is 9.76. The number of fused-ring (bicyclic) bond motifs is 2. The lowest BCUT2D eigenvalue weighted by molar-refractivity contribution is 0.0821. The van der Waals surface area contributed by atoms with E-state index in [1.807, 2.05) is 6.08 Å². The standard InChI is InChI=1S/C29H23F3N4O4S/c1-40-23-6-8-33-26(15-23)29(37)28-25-10-18-16-34-36(22-4-2-19(30)3-5-22)27(18)11-17(25)7-9-35(28)41(38,39)24-13-20(31)12-21(32)14-24/h2-6,8,11-16,25,28H,7,9-10H2,1H3/t25?,28-/m0/s1. The van der Waals surface area contributed by atoms with Crippen LogP contribution < -0.4 is 4.74 Å². The van der Waals surface area contributed by atoms with Crippen molar-refractivity contribution in [1.82, 2.24) is 19.1 Å². The average molecular weight is 581 g/mol. The van der Waals surface area contributed by atoms with Crippen LogP contribution in [0, 0.1) is 23.4 Å². The molecule has 2 atom stereocenters. The number of Topliss-reactive ketones (excluding diaryl/α,β-unsaturated/α-hetero) is 1. The quantitative estimate of drug-likeness (QED) is 0.310. The number of nitrogens with zero attached hydrogens (tertiary/aromatic N) is 4. The Morgan fingerprint density at radius 2 is 1.73 bits per heavy atom. The Labute approximate surface area is 233 Å². The normalized spacial score (nSPS) is 18.8. The molecule has 4 aromatic rings. The Kier molecular flexibility index (Phi) is 6.74. The highest BCUT2D eigenvalue weighted by atomic mass is 32.2. The van der Waals surface area contributed by atoms with Crippen LogP contribution >= 0.6 is 0 Å². The summed E-state index contributed by atoms with van der Waals surface area (Å²) >= 11 is 0. The van der Waals surface area contributed by atoms with Crippen molar-refractivity contribution in [3.63, 3.8) is 0 Å². The van der Waals surface area contributed by atoms with Gasteiger partial charge in [0, 0.05) is 30.8 Å². The van der Waals surface area contributed by atoms with Gasteiger partial charge in [0.05, 0.1) is 35.6 Å². The van der Waals surface area contributed by atoms with Crippen molar-refractivity contribution in [2.75, 3.05) is 13.7 Å². The second kappa shape index (κ2) is 10.3. The van der Waals surface area contributed by atoms with Crippen LogP contribution in [0.15, 0.2) is 77.5 Å². The average Bonchev–Trinajstić information content (AvgIpc) is 3.37. The Hall–Kier alpha value is -4.29. The van der Waals surface area contributed by atoms with Crippen LogP contribution in [0.2, 0.25) is 0 Å². The second-order valence-corrected chi connectivity index (χ2v) is 11.7. The van der Waals surface area contributed by atoms with E-state index >= 15 is 0 Å². The van der Waals surface area contributed by atoms with Crippen molar-refractivity contribution in [2.24, 2.45) is 5.92 Å². The van der Waals surface area contributed by atoms with E-state index in [-0.39, 0.29) is 30.9 Å². The number of methoxy groups -OCH3 is 1.